The topological polar surface area (TPSA) is 88.8 Å². The van der Waals surface area contributed by atoms with E-state index < -0.39 is 11.6 Å². The van der Waals surface area contributed by atoms with Crippen LogP contribution in [0.15, 0.2) is 45.6 Å². The van der Waals surface area contributed by atoms with Gasteiger partial charge in [0.2, 0.25) is 0 Å². The number of hydrogen-bond donors (Lipinski definition) is 0. The van der Waals surface area contributed by atoms with Gasteiger partial charge in [-0.2, -0.15) is 0 Å². The molecule has 0 N–H and O–H groups in total. The van der Waals surface area contributed by atoms with Crippen LogP contribution < -0.4 is 20.2 Å². The molecule has 2 aromatic carbocycles. The summed E-state index contributed by atoms with van der Waals surface area (Å²) in [4.78, 5) is 23.1. The third-order valence-corrected chi connectivity index (χ3v) is 4.81. The monoisotopic (exact) mass is 381 g/mol. The molecule has 0 unspecified atom stereocenters. The SMILES string of the molecule is COc1ccccc1COc1ccc2c(C)c(CCC(=O)[O-])c(=O)oc2c1C. The maximum atomic E-state index is 12.4. The maximum absolute atomic E-state index is 12.4. The van der Waals surface area contributed by atoms with Crippen LogP contribution >= 0.6 is 0 Å². The Hall–Kier alpha value is -3.28. The van der Waals surface area contributed by atoms with E-state index in [9.17, 15) is 14.7 Å². The summed E-state index contributed by atoms with van der Waals surface area (Å²) in [7, 11) is 1.61. The highest BCUT2D eigenvalue weighted by Crippen LogP contribution is 2.30. The quantitative estimate of drug-likeness (QED) is 0.585. The van der Waals surface area contributed by atoms with E-state index in [1.165, 1.54) is 0 Å². The molecular formula is C22H21O6-. The molecule has 0 aliphatic carbocycles. The van der Waals surface area contributed by atoms with Crippen molar-refractivity contribution in [3.8, 4) is 11.5 Å². The molecule has 1 aromatic heterocycles. The summed E-state index contributed by atoms with van der Waals surface area (Å²) < 4.78 is 16.8. The van der Waals surface area contributed by atoms with Crippen molar-refractivity contribution < 1.29 is 23.8 Å². The highest BCUT2D eigenvalue weighted by molar-refractivity contribution is 5.85. The second-order valence-corrected chi connectivity index (χ2v) is 6.53. The highest BCUT2D eigenvalue weighted by atomic mass is 16.5. The number of ether oxygens (including phenoxy) is 2. The van der Waals surface area contributed by atoms with Gasteiger partial charge >= 0.3 is 5.63 Å². The molecule has 28 heavy (non-hydrogen) atoms. The van der Waals surface area contributed by atoms with Gasteiger partial charge < -0.3 is 23.8 Å². The smallest absolute Gasteiger partial charge is 0.339 e. The van der Waals surface area contributed by atoms with Crippen molar-refractivity contribution in [3.63, 3.8) is 0 Å². The number of carboxylic acids is 1. The molecule has 6 heteroatoms. The van der Waals surface area contributed by atoms with Crippen LogP contribution in [-0.4, -0.2) is 13.1 Å². The molecule has 0 aliphatic heterocycles. The zero-order valence-electron chi connectivity index (χ0n) is 16.0. The van der Waals surface area contributed by atoms with E-state index in [2.05, 4.69) is 0 Å². The number of aryl methyl sites for hydroxylation is 2. The lowest BCUT2D eigenvalue weighted by atomic mass is 10.0. The van der Waals surface area contributed by atoms with E-state index in [4.69, 9.17) is 13.9 Å². The van der Waals surface area contributed by atoms with E-state index in [1.807, 2.05) is 43.3 Å². The first-order valence-electron chi connectivity index (χ1n) is 8.92. The largest absolute Gasteiger partial charge is 0.550 e. The lowest BCUT2D eigenvalue weighted by molar-refractivity contribution is -0.305. The molecular weight excluding hydrogens is 360 g/mol. The first-order valence-corrected chi connectivity index (χ1v) is 8.92. The summed E-state index contributed by atoms with van der Waals surface area (Å²) in [5, 5.41) is 11.5. The number of hydrogen-bond acceptors (Lipinski definition) is 6. The lowest BCUT2D eigenvalue weighted by Crippen LogP contribution is -2.24. The molecule has 6 nitrogen and oxygen atoms in total. The molecule has 0 saturated carbocycles. The van der Waals surface area contributed by atoms with Crippen LogP contribution in [-0.2, 0) is 17.8 Å². The van der Waals surface area contributed by atoms with Crippen LogP contribution in [0.2, 0.25) is 0 Å². The van der Waals surface area contributed by atoms with Crippen LogP contribution in [0, 0.1) is 13.8 Å². The highest BCUT2D eigenvalue weighted by Gasteiger charge is 2.15. The van der Waals surface area contributed by atoms with Gasteiger partial charge in [0.15, 0.2) is 0 Å². The number of benzene rings is 2. The summed E-state index contributed by atoms with van der Waals surface area (Å²) in [6, 6.07) is 11.2. The predicted molar refractivity (Wildman–Crippen MR) is 103 cm³/mol. The fourth-order valence-corrected chi connectivity index (χ4v) is 3.22. The van der Waals surface area contributed by atoms with Crippen molar-refractivity contribution in [2.75, 3.05) is 7.11 Å². The molecule has 0 atom stereocenters. The first-order chi connectivity index (χ1) is 13.4. The van der Waals surface area contributed by atoms with E-state index >= 15 is 0 Å². The standard InChI is InChI=1S/C22H22O6/c1-13-16-8-10-18(27-12-15-6-4-5-7-19(15)26-3)14(2)21(16)28-22(25)17(13)9-11-20(23)24/h4-8,10H,9,11-12H2,1-3H3,(H,23,24)/p-1. The average molecular weight is 381 g/mol. The normalized spacial score (nSPS) is 10.8. The number of fused-ring (bicyclic) bond motifs is 1. The molecule has 146 valence electrons. The Labute approximate surface area is 162 Å². The van der Waals surface area contributed by atoms with Crippen molar-refractivity contribution in [1.29, 1.82) is 0 Å². The van der Waals surface area contributed by atoms with Crippen LogP contribution in [0.25, 0.3) is 11.0 Å². The number of carbonyl (C=O) groups excluding carboxylic acids is 1. The van der Waals surface area contributed by atoms with Gasteiger partial charge in [-0.05, 0) is 50.5 Å². The Bertz CT molecular complexity index is 1080. The second kappa shape index (κ2) is 8.17. The van der Waals surface area contributed by atoms with Crippen molar-refractivity contribution in [3.05, 3.63) is 69.1 Å². The number of rotatable bonds is 7. The molecule has 0 amide bonds. The molecule has 1 heterocycles. The van der Waals surface area contributed by atoms with Gasteiger partial charge in [0, 0.05) is 28.0 Å². The minimum Gasteiger partial charge on any atom is -0.550 e. The Balaban J connectivity index is 1.94. The summed E-state index contributed by atoms with van der Waals surface area (Å²) in [6.45, 7) is 3.92. The number of carbonyl (C=O) groups is 1. The molecule has 3 aromatic rings. The predicted octanol–water partition coefficient (Wildman–Crippen LogP) is 2.68. The number of carboxylic acid groups (broad SMARTS) is 1. The summed E-state index contributed by atoms with van der Waals surface area (Å²) >= 11 is 0. The second-order valence-electron chi connectivity index (χ2n) is 6.53. The van der Waals surface area contributed by atoms with Gasteiger partial charge in [0.25, 0.3) is 0 Å². The van der Waals surface area contributed by atoms with Crippen molar-refractivity contribution in [2.24, 2.45) is 0 Å². The number of methoxy groups -OCH3 is 1. The minimum atomic E-state index is -1.20. The molecule has 0 saturated heterocycles. The van der Waals surface area contributed by atoms with E-state index in [0.717, 1.165) is 16.7 Å². The molecule has 0 radical (unpaired) electrons. The fourth-order valence-electron chi connectivity index (χ4n) is 3.22. The van der Waals surface area contributed by atoms with E-state index in [1.54, 1.807) is 14.0 Å². The van der Waals surface area contributed by atoms with Gasteiger partial charge in [0.1, 0.15) is 23.7 Å². The fraction of sp³-hybridized carbons (Fsp3) is 0.273. The summed E-state index contributed by atoms with van der Waals surface area (Å²) in [6.07, 6.45) is -0.145. The van der Waals surface area contributed by atoms with Crippen molar-refractivity contribution in [1.82, 2.24) is 0 Å². The molecule has 0 aliphatic rings. The zero-order chi connectivity index (χ0) is 20.3. The van der Waals surface area contributed by atoms with Gasteiger partial charge in [-0.1, -0.05) is 18.2 Å². The molecule has 3 rings (SSSR count). The molecule has 0 bridgehead atoms. The minimum absolute atomic E-state index is 0.0809. The van der Waals surface area contributed by atoms with Crippen molar-refractivity contribution >= 4 is 16.9 Å². The zero-order valence-corrected chi connectivity index (χ0v) is 16.0. The average Bonchev–Trinajstić information content (AvgIpc) is 2.68. The van der Waals surface area contributed by atoms with E-state index in [-0.39, 0.29) is 12.8 Å². The Morgan fingerprint density at radius 3 is 2.54 bits per heavy atom. The third-order valence-electron chi connectivity index (χ3n) is 4.81. The number of para-hydroxylation sites is 1. The van der Waals surface area contributed by atoms with E-state index in [0.29, 0.717) is 34.6 Å². The molecule has 0 fully saturated rings. The van der Waals surface area contributed by atoms with Crippen LogP contribution in [0.3, 0.4) is 0 Å². The van der Waals surface area contributed by atoms with Crippen molar-refractivity contribution in [2.45, 2.75) is 33.3 Å². The lowest BCUT2D eigenvalue weighted by Gasteiger charge is -2.14. The molecule has 0 spiro atoms. The third kappa shape index (κ3) is 3.86. The first kappa shape index (κ1) is 19.5. The summed E-state index contributed by atoms with van der Waals surface area (Å²) in [5.41, 5.74) is 2.60. The summed E-state index contributed by atoms with van der Waals surface area (Å²) in [5.74, 6) is 0.138. The van der Waals surface area contributed by atoms with Gasteiger partial charge in [-0.3, -0.25) is 0 Å². The van der Waals surface area contributed by atoms with Crippen LogP contribution in [0.4, 0.5) is 0 Å². The number of aliphatic carboxylic acids is 1. The maximum Gasteiger partial charge on any atom is 0.339 e. The Kier molecular flexibility index (Phi) is 5.68. The van der Waals surface area contributed by atoms with Gasteiger partial charge in [0.05, 0.1) is 7.11 Å². The Morgan fingerprint density at radius 2 is 1.82 bits per heavy atom. The van der Waals surface area contributed by atoms with Crippen LogP contribution in [0.5, 0.6) is 11.5 Å². The Morgan fingerprint density at radius 1 is 1.07 bits per heavy atom. The van der Waals surface area contributed by atoms with Gasteiger partial charge in [-0.25, -0.2) is 4.79 Å². The van der Waals surface area contributed by atoms with Gasteiger partial charge in [-0.15, -0.1) is 0 Å². The van der Waals surface area contributed by atoms with Crippen LogP contribution in [0.1, 0.15) is 28.7 Å².